The molecule has 0 fully saturated rings. The Balaban J connectivity index is 1.46. The van der Waals surface area contributed by atoms with Crippen LogP contribution in [0.2, 0.25) is 0 Å². The first kappa shape index (κ1) is 20.2. The molecule has 31 heavy (non-hydrogen) atoms. The van der Waals surface area contributed by atoms with Gasteiger partial charge in [-0.05, 0) is 84.4 Å². The van der Waals surface area contributed by atoms with Gasteiger partial charge in [0, 0.05) is 22.4 Å². The first-order chi connectivity index (χ1) is 14.9. The molecule has 0 amide bonds. The predicted octanol–water partition coefficient (Wildman–Crippen LogP) is 6.36. The van der Waals surface area contributed by atoms with Crippen molar-refractivity contribution >= 4 is 11.4 Å². The maximum absolute atomic E-state index is 5.89. The topological polar surface area (TPSA) is 70.5 Å². The molecule has 4 nitrogen and oxygen atoms in total. The SMILES string of the molecule is CC(C)(c1c#cc(Oc2ccc(N)cc2)cc1)c1ccc(Oc2ccc(N)cc2)cc1. The molecule has 4 N–H and O–H groups in total. The molecule has 0 heterocycles. The van der Waals surface area contributed by atoms with Crippen LogP contribution in [0.25, 0.3) is 0 Å². The average molecular weight is 409 g/mol. The molecule has 0 bridgehead atoms. The van der Waals surface area contributed by atoms with E-state index in [4.69, 9.17) is 20.9 Å². The molecule has 0 spiro atoms. The molecule has 0 aliphatic carbocycles. The zero-order valence-corrected chi connectivity index (χ0v) is 17.6. The summed E-state index contributed by atoms with van der Waals surface area (Å²) in [6.45, 7) is 4.31. The van der Waals surface area contributed by atoms with E-state index in [0.717, 1.165) is 22.6 Å². The first-order valence-electron chi connectivity index (χ1n) is 10.0. The fourth-order valence-electron chi connectivity index (χ4n) is 3.23. The predicted molar refractivity (Wildman–Crippen MR) is 125 cm³/mol. The van der Waals surface area contributed by atoms with Crippen LogP contribution < -0.4 is 20.9 Å². The Morgan fingerprint density at radius 1 is 0.581 bits per heavy atom. The van der Waals surface area contributed by atoms with Crippen molar-refractivity contribution in [1.82, 2.24) is 0 Å². The molecule has 0 aliphatic heterocycles. The summed E-state index contributed by atoms with van der Waals surface area (Å²) < 4.78 is 11.7. The van der Waals surface area contributed by atoms with E-state index >= 15 is 0 Å². The van der Waals surface area contributed by atoms with Crippen LogP contribution in [-0.4, -0.2) is 0 Å². The van der Waals surface area contributed by atoms with Crippen LogP contribution in [0, 0.1) is 12.1 Å². The molecule has 4 heteroatoms. The van der Waals surface area contributed by atoms with Gasteiger partial charge in [0.15, 0.2) is 5.75 Å². The van der Waals surface area contributed by atoms with Gasteiger partial charge in [-0.2, -0.15) is 0 Å². The number of nitrogens with two attached hydrogens (primary N) is 2. The fourth-order valence-corrected chi connectivity index (χ4v) is 3.23. The van der Waals surface area contributed by atoms with Gasteiger partial charge in [0.1, 0.15) is 17.2 Å². The molecule has 0 aliphatic rings. The van der Waals surface area contributed by atoms with Crippen molar-refractivity contribution < 1.29 is 9.47 Å². The summed E-state index contributed by atoms with van der Waals surface area (Å²) in [5, 5.41) is 0. The van der Waals surface area contributed by atoms with E-state index in [1.165, 1.54) is 0 Å². The van der Waals surface area contributed by atoms with Crippen LogP contribution in [0.5, 0.6) is 23.0 Å². The Kier molecular flexibility index (Phi) is 5.43. The Labute approximate surface area is 183 Å². The van der Waals surface area contributed by atoms with Gasteiger partial charge in [-0.15, -0.1) is 0 Å². The Bertz CT molecular complexity index is 1040. The number of nitrogen functional groups attached to an aromatic ring is 2. The number of benzene rings is 3. The third kappa shape index (κ3) is 4.73. The highest BCUT2D eigenvalue weighted by Gasteiger charge is 2.23. The zero-order valence-electron chi connectivity index (χ0n) is 17.6. The number of hydrogen-bond donors (Lipinski definition) is 2. The lowest BCUT2D eigenvalue weighted by atomic mass is 9.79. The van der Waals surface area contributed by atoms with Crippen LogP contribution in [0.15, 0.2) is 84.9 Å². The average Bonchev–Trinajstić information content (AvgIpc) is 2.78. The van der Waals surface area contributed by atoms with Crippen molar-refractivity contribution in [1.29, 1.82) is 0 Å². The fraction of sp³-hybridized carbons (Fsp3) is 0.111. The Morgan fingerprint density at radius 2 is 1.06 bits per heavy atom. The minimum absolute atomic E-state index is 0.254. The summed E-state index contributed by atoms with van der Waals surface area (Å²) in [4.78, 5) is 0. The molecule has 0 atom stereocenters. The van der Waals surface area contributed by atoms with Crippen LogP contribution in [-0.2, 0) is 5.41 Å². The molecule has 0 aromatic heterocycles. The highest BCUT2D eigenvalue weighted by molar-refractivity contribution is 5.45. The summed E-state index contributed by atoms with van der Waals surface area (Å²) >= 11 is 0. The number of anilines is 2. The van der Waals surface area contributed by atoms with Crippen LogP contribution in [0.3, 0.4) is 0 Å². The molecule has 4 aromatic rings. The van der Waals surface area contributed by atoms with Crippen molar-refractivity contribution in [3.8, 4) is 23.0 Å². The lowest BCUT2D eigenvalue weighted by Gasteiger charge is -2.24. The maximum Gasteiger partial charge on any atom is 0.177 e. The van der Waals surface area contributed by atoms with E-state index in [9.17, 15) is 0 Å². The molecule has 0 saturated heterocycles. The third-order valence-corrected chi connectivity index (χ3v) is 5.19. The molecule has 0 radical (unpaired) electrons. The van der Waals surface area contributed by atoms with Crippen molar-refractivity contribution in [2.75, 3.05) is 11.5 Å². The van der Waals surface area contributed by atoms with E-state index in [2.05, 4.69) is 38.1 Å². The number of rotatable bonds is 6. The first-order valence-corrected chi connectivity index (χ1v) is 10.0. The van der Waals surface area contributed by atoms with E-state index < -0.39 is 0 Å². The summed E-state index contributed by atoms with van der Waals surface area (Å²) in [6, 6.07) is 33.0. The Hall–Kier alpha value is -4.10. The lowest BCUT2D eigenvalue weighted by Crippen LogP contribution is -2.18. The molecular formula is C27H24N2O2. The van der Waals surface area contributed by atoms with Gasteiger partial charge >= 0.3 is 0 Å². The quantitative estimate of drug-likeness (QED) is 0.364. The second-order valence-corrected chi connectivity index (χ2v) is 7.85. The largest absolute Gasteiger partial charge is 0.457 e. The van der Waals surface area contributed by atoms with Gasteiger partial charge in [-0.1, -0.05) is 32.0 Å². The van der Waals surface area contributed by atoms with E-state index in [-0.39, 0.29) is 5.41 Å². The maximum atomic E-state index is 5.89. The molecular weight excluding hydrogens is 384 g/mol. The summed E-state index contributed by atoms with van der Waals surface area (Å²) in [5.74, 6) is 2.84. The van der Waals surface area contributed by atoms with Crippen molar-refractivity contribution in [2.24, 2.45) is 0 Å². The number of hydrogen-bond acceptors (Lipinski definition) is 4. The summed E-state index contributed by atoms with van der Waals surface area (Å²) in [7, 11) is 0. The standard InChI is InChI=1S/C27H24N2O2/c1-27(2,19-3-11-23(12-4-19)30-25-15-7-21(28)8-16-25)20-5-13-24(14-6-20)31-26-17-9-22(29)10-18-26/h3-5,7-13,15-18H,28-29H2,1-2H3. The van der Waals surface area contributed by atoms with Gasteiger partial charge in [0.25, 0.3) is 0 Å². The second-order valence-electron chi connectivity index (χ2n) is 7.85. The molecule has 4 rings (SSSR count). The second kappa shape index (κ2) is 8.33. The van der Waals surface area contributed by atoms with Gasteiger partial charge in [0.05, 0.1) is 0 Å². The van der Waals surface area contributed by atoms with E-state index in [0.29, 0.717) is 22.9 Å². The third-order valence-electron chi connectivity index (χ3n) is 5.19. The highest BCUT2D eigenvalue weighted by Crippen LogP contribution is 2.33. The molecule has 0 saturated carbocycles. The Morgan fingerprint density at radius 3 is 1.55 bits per heavy atom. The van der Waals surface area contributed by atoms with Gasteiger partial charge in [-0.3, -0.25) is 0 Å². The molecule has 0 unspecified atom stereocenters. The lowest BCUT2D eigenvalue weighted by molar-refractivity contribution is 0.481. The van der Waals surface area contributed by atoms with Gasteiger partial charge in [-0.25, -0.2) is 0 Å². The van der Waals surface area contributed by atoms with Crippen molar-refractivity contribution in [2.45, 2.75) is 19.3 Å². The normalized spacial score (nSPS) is 10.9. The van der Waals surface area contributed by atoms with Crippen molar-refractivity contribution in [3.05, 3.63) is 108 Å². The van der Waals surface area contributed by atoms with Crippen LogP contribution >= 0.6 is 0 Å². The van der Waals surface area contributed by atoms with Crippen molar-refractivity contribution in [3.63, 3.8) is 0 Å². The minimum atomic E-state index is -0.254. The van der Waals surface area contributed by atoms with Crippen LogP contribution in [0.4, 0.5) is 11.4 Å². The van der Waals surface area contributed by atoms with Crippen LogP contribution in [0.1, 0.15) is 25.0 Å². The van der Waals surface area contributed by atoms with Gasteiger partial charge < -0.3 is 20.9 Å². The summed E-state index contributed by atoms with van der Waals surface area (Å²) in [6.07, 6.45) is 0. The van der Waals surface area contributed by atoms with E-state index in [1.807, 2.05) is 60.7 Å². The molecule has 154 valence electrons. The molecule has 4 aromatic carbocycles. The zero-order chi connectivity index (χ0) is 21.8. The number of ether oxygens (including phenoxy) is 2. The minimum Gasteiger partial charge on any atom is -0.457 e. The van der Waals surface area contributed by atoms with Gasteiger partial charge in [0.2, 0.25) is 0 Å². The van der Waals surface area contributed by atoms with E-state index in [1.54, 1.807) is 12.1 Å². The highest BCUT2D eigenvalue weighted by atomic mass is 16.5. The monoisotopic (exact) mass is 408 g/mol. The smallest absolute Gasteiger partial charge is 0.177 e. The summed E-state index contributed by atoms with van der Waals surface area (Å²) in [5.41, 5.74) is 14.8.